The Morgan fingerprint density at radius 3 is 2.21 bits per heavy atom. The smallest absolute Gasteiger partial charge is 0.341 e. The van der Waals surface area contributed by atoms with E-state index in [4.69, 9.17) is 4.74 Å². The minimum atomic E-state index is -1.94. The molecule has 2 atom stereocenters. The molecular weight excluding hydrogens is 244 g/mol. The first-order valence-electron chi connectivity index (χ1n) is 6.33. The zero-order chi connectivity index (χ0) is 14.7. The second kappa shape index (κ2) is 5.72. The van der Waals surface area contributed by atoms with E-state index >= 15 is 0 Å². The zero-order valence-corrected chi connectivity index (χ0v) is 11.9. The summed E-state index contributed by atoms with van der Waals surface area (Å²) >= 11 is 0. The summed E-state index contributed by atoms with van der Waals surface area (Å²) in [6.07, 6.45) is -1.21. The third-order valence-electron chi connectivity index (χ3n) is 2.76. The lowest BCUT2D eigenvalue weighted by atomic mass is 9.89. The maximum atomic E-state index is 12.1. The van der Waals surface area contributed by atoms with Gasteiger partial charge in [-0.05, 0) is 33.3 Å². The molecular formula is C15H22O4. The maximum Gasteiger partial charge on any atom is 0.341 e. The number of ether oxygens (including phenoxy) is 1. The lowest BCUT2D eigenvalue weighted by Gasteiger charge is -2.32. The van der Waals surface area contributed by atoms with E-state index in [1.54, 1.807) is 32.9 Å². The SMILES string of the molecule is C[C@@H](O)[C@](O)(Cc1ccccc1)C(=O)OC(C)(C)C. The highest BCUT2D eigenvalue weighted by Crippen LogP contribution is 2.22. The number of carbonyl (C=O) groups is 1. The van der Waals surface area contributed by atoms with Crippen molar-refractivity contribution in [1.29, 1.82) is 0 Å². The Bertz CT molecular complexity index is 420. The van der Waals surface area contributed by atoms with Crippen LogP contribution in [0.5, 0.6) is 0 Å². The average molecular weight is 266 g/mol. The van der Waals surface area contributed by atoms with Crippen molar-refractivity contribution in [3.05, 3.63) is 35.9 Å². The van der Waals surface area contributed by atoms with Crippen molar-refractivity contribution in [3.63, 3.8) is 0 Å². The summed E-state index contributed by atoms with van der Waals surface area (Å²) in [7, 11) is 0. The Morgan fingerprint density at radius 1 is 1.26 bits per heavy atom. The minimum absolute atomic E-state index is 0.0143. The Hall–Kier alpha value is -1.39. The molecule has 0 radical (unpaired) electrons. The van der Waals surface area contributed by atoms with Crippen molar-refractivity contribution in [2.24, 2.45) is 0 Å². The van der Waals surface area contributed by atoms with Crippen LogP contribution in [0.15, 0.2) is 30.3 Å². The molecule has 4 nitrogen and oxygen atoms in total. The van der Waals surface area contributed by atoms with Gasteiger partial charge in [-0.1, -0.05) is 30.3 Å². The highest BCUT2D eigenvalue weighted by atomic mass is 16.6. The van der Waals surface area contributed by atoms with E-state index in [-0.39, 0.29) is 6.42 Å². The molecule has 0 saturated carbocycles. The number of esters is 1. The Labute approximate surface area is 114 Å². The van der Waals surface area contributed by atoms with E-state index in [0.717, 1.165) is 5.56 Å². The van der Waals surface area contributed by atoms with E-state index in [2.05, 4.69) is 0 Å². The predicted octanol–water partition coefficient (Wildman–Crippen LogP) is 1.68. The van der Waals surface area contributed by atoms with Gasteiger partial charge in [0.15, 0.2) is 5.60 Å². The van der Waals surface area contributed by atoms with Crippen LogP contribution in [0.25, 0.3) is 0 Å². The van der Waals surface area contributed by atoms with Gasteiger partial charge in [0.2, 0.25) is 0 Å². The third-order valence-corrected chi connectivity index (χ3v) is 2.76. The summed E-state index contributed by atoms with van der Waals surface area (Å²) in [5.41, 5.74) is -1.89. The standard InChI is InChI=1S/C15H22O4/c1-11(16)15(18,13(17)19-14(2,3)4)10-12-8-6-5-7-9-12/h5-9,11,16,18H,10H2,1-4H3/t11-,15-/m1/s1. The Morgan fingerprint density at radius 2 is 1.79 bits per heavy atom. The van der Waals surface area contributed by atoms with Gasteiger partial charge in [-0.3, -0.25) is 0 Å². The molecule has 1 aromatic carbocycles. The first-order chi connectivity index (χ1) is 8.65. The average Bonchev–Trinajstić information content (AvgIpc) is 2.27. The molecule has 0 saturated heterocycles. The maximum absolute atomic E-state index is 12.1. The van der Waals surface area contributed by atoms with Crippen molar-refractivity contribution < 1.29 is 19.7 Å². The van der Waals surface area contributed by atoms with Crippen LogP contribution in [0.2, 0.25) is 0 Å². The van der Waals surface area contributed by atoms with Crippen molar-refractivity contribution >= 4 is 5.97 Å². The van der Waals surface area contributed by atoms with E-state index in [1.165, 1.54) is 6.92 Å². The number of benzene rings is 1. The van der Waals surface area contributed by atoms with Gasteiger partial charge in [0.25, 0.3) is 0 Å². The topological polar surface area (TPSA) is 66.8 Å². The second-order valence-corrected chi connectivity index (χ2v) is 5.76. The Balaban J connectivity index is 2.95. The van der Waals surface area contributed by atoms with Crippen LogP contribution in [0.4, 0.5) is 0 Å². The van der Waals surface area contributed by atoms with Crippen LogP contribution in [0.3, 0.4) is 0 Å². The molecule has 0 fully saturated rings. The van der Waals surface area contributed by atoms with E-state index in [1.807, 2.05) is 18.2 Å². The monoisotopic (exact) mass is 266 g/mol. The van der Waals surface area contributed by atoms with Crippen LogP contribution in [-0.2, 0) is 16.0 Å². The number of hydrogen-bond acceptors (Lipinski definition) is 4. The third kappa shape index (κ3) is 4.33. The molecule has 19 heavy (non-hydrogen) atoms. The van der Waals surface area contributed by atoms with Crippen LogP contribution >= 0.6 is 0 Å². The predicted molar refractivity (Wildman–Crippen MR) is 72.6 cm³/mol. The van der Waals surface area contributed by atoms with Crippen molar-refractivity contribution in [1.82, 2.24) is 0 Å². The van der Waals surface area contributed by atoms with Gasteiger partial charge in [-0.2, -0.15) is 0 Å². The summed E-state index contributed by atoms with van der Waals surface area (Å²) in [6, 6.07) is 9.05. The lowest BCUT2D eigenvalue weighted by molar-refractivity contribution is -0.188. The summed E-state index contributed by atoms with van der Waals surface area (Å²) in [5, 5.41) is 20.2. The van der Waals surface area contributed by atoms with Crippen molar-refractivity contribution in [2.45, 2.75) is 51.4 Å². The highest BCUT2D eigenvalue weighted by molar-refractivity contribution is 5.80. The molecule has 106 valence electrons. The fourth-order valence-corrected chi connectivity index (χ4v) is 1.66. The first kappa shape index (κ1) is 15.7. The molecule has 0 bridgehead atoms. The van der Waals surface area contributed by atoms with Gasteiger partial charge in [-0.15, -0.1) is 0 Å². The van der Waals surface area contributed by atoms with Gasteiger partial charge in [0, 0.05) is 6.42 Å². The molecule has 0 heterocycles. The molecule has 2 N–H and O–H groups in total. The fourth-order valence-electron chi connectivity index (χ4n) is 1.66. The van der Waals surface area contributed by atoms with Crippen molar-refractivity contribution in [3.8, 4) is 0 Å². The minimum Gasteiger partial charge on any atom is -0.458 e. The van der Waals surface area contributed by atoms with E-state index in [9.17, 15) is 15.0 Å². The summed E-state index contributed by atoms with van der Waals surface area (Å²) in [6.45, 7) is 6.54. The normalized spacial score (nSPS) is 16.5. The summed E-state index contributed by atoms with van der Waals surface area (Å²) < 4.78 is 5.19. The van der Waals surface area contributed by atoms with E-state index in [0.29, 0.717) is 0 Å². The molecule has 0 amide bonds. The molecule has 1 rings (SSSR count). The number of aliphatic hydroxyl groups excluding tert-OH is 1. The number of rotatable bonds is 4. The van der Waals surface area contributed by atoms with Gasteiger partial charge in [0.05, 0.1) is 6.10 Å². The van der Waals surface area contributed by atoms with Crippen LogP contribution in [-0.4, -0.2) is 33.5 Å². The van der Waals surface area contributed by atoms with Gasteiger partial charge >= 0.3 is 5.97 Å². The Kier molecular flexibility index (Phi) is 4.71. The summed E-state index contributed by atoms with van der Waals surface area (Å²) in [5.74, 6) is -0.807. The van der Waals surface area contributed by atoms with Gasteiger partial charge in [0.1, 0.15) is 5.60 Å². The molecule has 0 aromatic heterocycles. The molecule has 0 aliphatic heterocycles. The molecule has 1 aromatic rings. The first-order valence-corrected chi connectivity index (χ1v) is 6.33. The van der Waals surface area contributed by atoms with Crippen molar-refractivity contribution in [2.75, 3.05) is 0 Å². The molecule has 0 aliphatic rings. The number of aliphatic hydroxyl groups is 2. The highest BCUT2D eigenvalue weighted by Gasteiger charge is 2.44. The largest absolute Gasteiger partial charge is 0.458 e. The number of hydrogen-bond donors (Lipinski definition) is 2. The molecule has 0 unspecified atom stereocenters. The van der Waals surface area contributed by atoms with Crippen LogP contribution < -0.4 is 0 Å². The lowest BCUT2D eigenvalue weighted by Crippen LogP contribution is -2.52. The van der Waals surface area contributed by atoms with Gasteiger partial charge < -0.3 is 14.9 Å². The molecule has 0 aliphatic carbocycles. The van der Waals surface area contributed by atoms with Crippen LogP contribution in [0.1, 0.15) is 33.3 Å². The molecule has 0 spiro atoms. The zero-order valence-electron chi connectivity index (χ0n) is 11.9. The van der Waals surface area contributed by atoms with E-state index < -0.39 is 23.3 Å². The summed E-state index contributed by atoms with van der Waals surface area (Å²) in [4.78, 5) is 12.1. The second-order valence-electron chi connectivity index (χ2n) is 5.76. The quantitative estimate of drug-likeness (QED) is 0.814. The fraction of sp³-hybridized carbons (Fsp3) is 0.533. The number of carbonyl (C=O) groups excluding carboxylic acids is 1. The van der Waals surface area contributed by atoms with Crippen LogP contribution in [0, 0.1) is 0 Å². The van der Waals surface area contributed by atoms with Gasteiger partial charge in [-0.25, -0.2) is 4.79 Å². The molecule has 4 heteroatoms.